The second-order valence-corrected chi connectivity index (χ2v) is 8.08. The SMILES string of the molecule is C[C@@H](Nc1nnc([C@@H]2C[C@H]2c2cc[nH]n2)o1)C(=O)N1CCC2(CC1)CC2. The highest BCUT2D eigenvalue weighted by Crippen LogP contribution is 2.54. The summed E-state index contributed by atoms with van der Waals surface area (Å²) in [7, 11) is 0. The molecule has 1 aliphatic heterocycles. The first kappa shape index (κ1) is 15.8. The van der Waals surface area contributed by atoms with Gasteiger partial charge in [0.25, 0.3) is 0 Å². The molecule has 8 heteroatoms. The number of nitrogens with one attached hydrogen (secondary N) is 2. The van der Waals surface area contributed by atoms with E-state index in [0.29, 0.717) is 23.2 Å². The van der Waals surface area contributed by atoms with Crippen molar-refractivity contribution in [3.8, 4) is 0 Å². The number of likely N-dealkylation sites (tertiary alicyclic amines) is 1. The molecule has 0 radical (unpaired) electrons. The van der Waals surface area contributed by atoms with Crippen molar-refractivity contribution in [1.29, 1.82) is 0 Å². The molecular weight excluding hydrogens is 332 g/mol. The molecule has 1 spiro atoms. The fraction of sp³-hybridized carbons (Fsp3) is 0.667. The average Bonchev–Trinajstić information content (AvgIpc) is 3.48. The number of aromatic nitrogens is 4. The third-order valence-electron chi connectivity index (χ3n) is 6.25. The van der Waals surface area contributed by atoms with Gasteiger partial charge in [-0.25, -0.2) is 0 Å². The summed E-state index contributed by atoms with van der Waals surface area (Å²) in [6.45, 7) is 3.60. The Bertz CT molecular complexity index is 786. The summed E-state index contributed by atoms with van der Waals surface area (Å²) in [5, 5.41) is 18.3. The van der Waals surface area contributed by atoms with E-state index in [1.54, 1.807) is 0 Å². The van der Waals surface area contributed by atoms with Gasteiger partial charge < -0.3 is 14.6 Å². The molecule has 0 aromatic carbocycles. The standard InChI is InChI=1S/C18H24N6O2/c1-11(16(25)24-8-5-18(3-4-18)6-9-24)20-17-23-22-15(26-17)13-10-12(13)14-2-7-19-21-14/h2,7,11-13H,3-6,8-10H2,1H3,(H,19,21)(H,20,23)/t11-,12-,13-/m1/s1. The van der Waals surface area contributed by atoms with Crippen molar-refractivity contribution in [3.63, 3.8) is 0 Å². The van der Waals surface area contributed by atoms with Crippen molar-refractivity contribution in [2.45, 2.75) is 56.9 Å². The first-order chi connectivity index (χ1) is 12.6. The van der Waals surface area contributed by atoms with Crippen LogP contribution in [-0.2, 0) is 4.79 Å². The molecule has 2 N–H and O–H groups in total. The number of carbonyl (C=O) groups is 1. The number of anilines is 1. The molecule has 3 atom stereocenters. The number of amides is 1. The van der Waals surface area contributed by atoms with Gasteiger partial charge in [-0.05, 0) is 50.5 Å². The Kier molecular flexibility index (Phi) is 3.55. The molecule has 26 heavy (non-hydrogen) atoms. The molecule has 5 rings (SSSR count). The number of hydrogen-bond acceptors (Lipinski definition) is 6. The quantitative estimate of drug-likeness (QED) is 0.852. The van der Waals surface area contributed by atoms with E-state index in [1.165, 1.54) is 12.8 Å². The third kappa shape index (κ3) is 2.87. The summed E-state index contributed by atoms with van der Waals surface area (Å²) in [6, 6.07) is 1.94. The zero-order chi connectivity index (χ0) is 17.7. The molecule has 0 bridgehead atoms. The van der Waals surface area contributed by atoms with E-state index in [0.717, 1.165) is 38.0 Å². The van der Waals surface area contributed by atoms with Gasteiger partial charge in [0.15, 0.2) is 0 Å². The lowest BCUT2D eigenvalue weighted by molar-refractivity contribution is -0.133. The van der Waals surface area contributed by atoms with Crippen LogP contribution in [0, 0.1) is 5.41 Å². The van der Waals surface area contributed by atoms with Crippen molar-refractivity contribution in [3.05, 3.63) is 23.8 Å². The third-order valence-corrected chi connectivity index (χ3v) is 6.25. The molecule has 1 amide bonds. The van der Waals surface area contributed by atoms with Gasteiger partial charge in [-0.2, -0.15) is 5.10 Å². The van der Waals surface area contributed by atoms with Crippen molar-refractivity contribution in [2.75, 3.05) is 18.4 Å². The zero-order valence-electron chi connectivity index (χ0n) is 14.9. The van der Waals surface area contributed by atoms with Crippen LogP contribution in [0.25, 0.3) is 0 Å². The van der Waals surface area contributed by atoms with Crippen LogP contribution in [0.4, 0.5) is 6.01 Å². The van der Waals surface area contributed by atoms with E-state index < -0.39 is 0 Å². The van der Waals surface area contributed by atoms with E-state index in [4.69, 9.17) is 4.42 Å². The zero-order valence-corrected chi connectivity index (χ0v) is 14.9. The van der Waals surface area contributed by atoms with Gasteiger partial charge in [-0.3, -0.25) is 9.89 Å². The maximum Gasteiger partial charge on any atom is 0.316 e. The van der Waals surface area contributed by atoms with Crippen LogP contribution < -0.4 is 5.32 Å². The Morgan fingerprint density at radius 1 is 1.31 bits per heavy atom. The molecule has 2 aromatic rings. The fourth-order valence-electron chi connectivity index (χ4n) is 4.11. The topological polar surface area (TPSA) is 99.9 Å². The highest BCUT2D eigenvalue weighted by Gasteiger charge is 2.46. The predicted molar refractivity (Wildman–Crippen MR) is 93.6 cm³/mol. The Morgan fingerprint density at radius 3 is 2.81 bits per heavy atom. The minimum absolute atomic E-state index is 0.112. The molecule has 3 heterocycles. The maximum absolute atomic E-state index is 12.7. The van der Waals surface area contributed by atoms with Crippen molar-refractivity contribution >= 4 is 11.9 Å². The Balaban J connectivity index is 1.16. The van der Waals surface area contributed by atoms with Crippen LogP contribution in [0.15, 0.2) is 16.7 Å². The molecule has 2 aliphatic carbocycles. The van der Waals surface area contributed by atoms with Crippen LogP contribution in [0.2, 0.25) is 0 Å². The van der Waals surface area contributed by atoms with Gasteiger partial charge in [-0.1, -0.05) is 5.10 Å². The van der Waals surface area contributed by atoms with Gasteiger partial charge in [0.2, 0.25) is 11.8 Å². The molecule has 3 fully saturated rings. The number of piperidine rings is 1. The number of hydrogen-bond donors (Lipinski definition) is 2. The van der Waals surface area contributed by atoms with Crippen LogP contribution in [0.1, 0.15) is 62.4 Å². The molecule has 1 saturated heterocycles. The van der Waals surface area contributed by atoms with E-state index in [1.807, 2.05) is 24.1 Å². The van der Waals surface area contributed by atoms with Gasteiger partial charge in [0, 0.05) is 31.1 Å². The number of rotatable bonds is 5. The first-order valence-electron chi connectivity index (χ1n) is 9.52. The van der Waals surface area contributed by atoms with Gasteiger partial charge >= 0.3 is 6.01 Å². The van der Waals surface area contributed by atoms with Crippen LogP contribution in [0.5, 0.6) is 0 Å². The molecule has 2 aromatic heterocycles. The molecule has 2 saturated carbocycles. The molecule has 138 valence electrons. The normalized spacial score (nSPS) is 27.3. The summed E-state index contributed by atoms with van der Waals surface area (Å²) in [5.41, 5.74) is 1.61. The lowest BCUT2D eigenvalue weighted by atomic mass is 9.93. The highest BCUT2D eigenvalue weighted by atomic mass is 16.4. The Hall–Kier alpha value is -2.38. The molecule has 0 unspecified atom stereocenters. The second-order valence-electron chi connectivity index (χ2n) is 8.08. The summed E-state index contributed by atoms with van der Waals surface area (Å²) < 4.78 is 5.75. The fourth-order valence-corrected chi connectivity index (χ4v) is 4.11. The van der Waals surface area contributed by atoms with E-state index >= 15 is 0 Å². The van der Waals surface area contributed by atoms with Crippen LogP contribution in [0.3, 0.4) is 0 Å². The minimum atomic E-state index is -0.363. The van der Waals surface area contributed by atoms with Gasteiger partial charge in [0.1, 0.15) is 6.04 Å². The van der Waals surface area contributed by atoms with Crippen molar-refractivity contribution < 1.29 is 9.21 Å². The largest absolute Gasteiger partial charge is 0.408 e. The lowest BCUT2D eigenvalue weighted by Crippen LogP contribution is -2.45. The monoisotopic (exact) mass is 356 g/mol. The maximum atomic E-state index is 12.7. The van der Waals surface area contributed by atoms with E-state index in [9.17, 15) is 4.79 Å². The predicted octanol–water partition coefficient (Wildman–Crippen LogP) is 2.27. The lowest BCUT2D eigenvalue weighted by Gasteiger charge is -2.33. The Labute approximate surface area is 151 Å². The smallest absolute Gasteiger partial charge is 0.316 e. The number of carbonyl (C=O) groups excluding carboxylic acids is 1. The minimum Gasteiger partial charge on any atom is -0.408 e. The first-order valence-corrected chi connectivity index (χ1v) is 9.52. The number of H-pyrrole nitrogens is 1. The van der Waals surface area contributed by atoms with Crippen LogP contribution >= 0.6 is 0 Å². The summed E-state index contributed by atoms with van der Waals surface area (Å²) >= 11 is 0. The van der Waals surface area contributed by atoms with Crippen molar-refractivity contribution in [1.82, 2.24) is 25.3 Å². The number of nitrogens with zero attached hydrogens (tertiary/aromatic N) is 4. The van der Waals surface area contributed by atoms with Gasteiger partial charge in [-0.15, -0.1) is 5.10 Å². The second kappa shape index (κ2) is 5.82. The van der Waals surface area contributed by atoms with Crippen LogP contribution in [-0.4, -0.2) is 50.3 Å². The molecule has 8 nitrogen and oxygen atoms in total. The average molecular weight is 356 g/mol. The Morgan fingerprint density at radius 2 is 2.12 bits per heavy atom. The van der Waals surface area contributed by atoms with Crippen molar-refractivity contribution in [2.24, 2.45) is 5.41 Å². The molecule has 3 aliphatic rings. The van der Waals surface area contributed by atoms with E-state index in [2.05, 4.69) is 25.7 Å². The summed E-state index contributed by atoms with van der Waals surface area (Å²) in [5.74, 6) is 1.30. The van der Waals surface area contributed by atoms with E-state index in [-0.39, 0.29) is 17.9 Å². The summed E-state index contributed by atoms with van der Waals surface area (Å²) in [4.78, 5) is 14.6. The molecular formula is C18H24N6O2. The number of aromatic amines is 1. The van der Waals surface area contributed by atoms with Gasteiger partial charge in [0.05, 0.1) is 5.69 Å². The highest BCUT2D eigenvalue weighted by molar-refractivity contribution is 5.83. The summed E-state index contributed by atoms with van der Waals surface area (Å²) in [6.07, 6.45) is 7.77.